The molecule has 0 radical (unpaired) electrons. The number of rotatable bonds is 4. The van der Waals surface area contributed by atoms with Crippen molar-refractivity contribution in [2.75, 3.05) is 26.4 Å². The van der Waals surface area contributed by atoms with E-state index in [1.54, 1.807) is 11.3 Å². The number of fused-ring (bicyclic) bond motifs is 1. The molecule has 3 heterocycles. The second kappa shape index (κ2) is 6.88. The van der Waals surface area contributed by atoms with Crippen molar-refractivity contribution in [3.63, 3.8) is 0 Å². The van der Waals surface area contributed by atoms with Crippen molar-refractivity contribution in [1.82, 2.24) is 9.88 Å². The minimum absolute atomic E-state index is 0. The van der Waals surface area contributed by atoms with E-state index in [1.165, 1.54) is 6.42 Å². The molecule has 0 spiro atoms. The van der Waals surface area contributed by atoms with Gasteiger partial charge in [-0.25, -0.2) is 4.98 Å². The van der Waals surface area contributed by atoms with Crippen LogP contribution >= 0.6 is 23.7 Å². The van der Waals surface area contributed by atoms with Crippen molar-refractivity contribution < 1.29 is 9.47 Å². The van der Waals surface area contributed by atoms with Crippen molar-refractivity contribution in [2.24, 2.45) is 11.1 Å². The molecule has 1 fully saturated rings. The quantitative estimate of drug-likeness (QED) is 0.899. The Morgan fingerprint density at radius 1 is 1.33 bits per heavy atom. The number of likely N-dealkylation sites (tertiary alicyclic amines) is 1. The molecule has 1 aromatic carbocycles. The number of benzene rings is 1. The van der Waals surface area contributed by atoms with E-state index < -0.39 is 0 Å². The Hall–Kier alpha value is -1.34. The van der Waals surface area contributed by atoms with Crippen molar-refractivity contribution in [3.8, 4) is 22.1 Å². The van der Waals surface area contributed by atoms with Crippen LogP contribution in [0.4, 0.5) is 0 Å². The summed E-state index contributed by atoms with van der Waals surface area (Å²) in [6.45, 7) is 6.38. The maximum Gasteiger partial charge on any atom is 0.231 e. The summed E-state index contributed by atoms with van der Waals surface area (Å²) in [6, 6.07) is 6.00. The van der Waals surface area contributed by atoms with Crippen LogP contribution in [0.15, 0.2) is 23.6 Å². The zero-order chi connectivity index (χ0) is 15.9. The minimum Gasteiger partial charge on any atom is -0.454 e. The Morgan fingerprint density at radius 3 is 2.96 bits per heavy atom. The first kappa shape index (κ1) is 17.5. The van der Waals surface area contributed by atoms with Crippen LogP contribution in [-0.4, -0.2) is 36.3 Å². The molecule has 4 rings (SSSR count). The Kier molecular flexibility index (Phi) is 5.01. The highest BCUT2D eigenvalue weighted by molar-refractivity contribution is 7.13. The van der Waals surface area contributed by atoms with Gasteiger partial charge in [-0.3, -0.25) is 4.90 Å². The first-order valence-electron chi connectivity index (χ1n) is 7.92. The summed E-state index contributed by atoms with van der Waals surface area (Å²) in [7, 11) is 0. The molecule has 5 nitrogen and oxygen atoms in total. The van der Waals surface area contributed by atoms with E-state index in [0.717, 1.165) is 53.9 Å². The monoisotopic (exact) mass is 367 g/mol. The molecular formula is C17H22ClN3O2S. The number of hydrogen-bond acceptors (Lipinski definition) is 6. The molecule has 1 aromatic heterocycles. The fraction of sp³-hybridized carbons (Fsp3) is 0.471. The lowest BCUT2D eigenvalue weighted by molar-refractivity contribution is 0.174. The van der Waals surface area contributed by atoms with E-state index in [0.29, 0.717) is 6.79 Å². The molecular weight excluding hydrogens is 346 g/mol. The summed E-state index contributed by atoms with van der Waals surface area (Å²) in [4.78, 5) is 7.24. The number of nitrogens with zero attached hydrogens (tertiary/aromatic N) is 2. The van der Waals surface area contributed by atoms with Gasteiger partial charge in [-0.15, -0.1) is 23.7 Å². The third-order valence-corrected chi connectivity index (χ3v) is 5.63. The lowest BCUT2D eigenvalue weighted by atomic mass is 9.90. The fourth-order valence-electron chi connectivity index (χ4n) is 3.20. The Bertz CT molecular complexity index is 724. The van der Waals surface area contributed by atoms with Crippen LogP contribution < -0.4 is 15.2 Å². The van der Waals surface area contributed by atoms with Gasteiger partial charge in [-0.05, 0) is 43.1 Å². The largest absolute Gasteiger partial charge is 0.454 e. The summed E-state index contributed by atoms with van der Waals surface area (Å²) in [6.07, 6.45) is 1.17. The van der Waals surface area contributed by atoms with Gasteiger partial charge in [-0.1, -0.05) is 6.92 Å². The summed E-state index contributed by atoms with van der Waals surface area (Å²) in [5.74, 6) is 1.61. The van der Waals surface area contributed by atoms with Crippen molar-refractivity contribution in [3.05, 3.63) is 29.3 Å². The first-order valence-corrected chi connectivity index (χ1v) is 8.80. The summed E-state index contributed by atoms with van der Waals surface area (Å²) in [5.41, 5.74) is 8.36. The van der Waals surface area contributed by atoms with Crippen molar-refractivity contribution >= 4 is 23.7 Å². The first-order chi connectivity index (χ1) is 11.1. The molecule has 24 heavy (non-hydrogen) atoms. The van der Waals surface area contributed by atoms with Gasteiger partial charge in [0, 0.05) is 24.0 Å². The molecule has 0 saturated carbocycles. The van der Waals surface area contributed by atoms with Crippen LogP contribution in [0.3, 0.4) is 0 Å². The molecule has 2 aliphatic heterocycles. The zero-order valence-electron chi connectivity index (χ0n) is 13.7. The second-order valence-electron chi connectivity index (χ2n) is 6.69. The zero-order valence-corrected chi connectivity index (χ0v) is 15.3. The molecule has 130 valence electrons. The lowest BCUT2D eigenvalue weighted by Gasteiger charge is -2.22. The highest BCUT2D eigenvalue weighted by Gasteiger charge is 2.32. The number of aromatic nitrogens is 1. The molecule has 0 amide bonds. The van der Waals surface area contributed by atoms with Crippen LogP contribution in [0.5, 0.6) is 11.5 Å². The van der Waals surface area contributed by atoms with Gasteiger partial charge in [0.05, 0.1) is 5.69 Å². The summed E-state index contributed by atoms with van der Waals surface area (Å²) < 4.78 is 10.8. The van der Waals surface area contributed by atoms with E-state index in [9.17, 15) is 0 Å². The third-order valence-electron chi connectivity index (χ3n) is 4.69. The Labute approximate surface area is 152 Å². The smallest absolute Gasteiger partial charge is 0.231 e. The highest BCUT2D eigenvalue weighted by atomic mass is 35.5. The van der Waals surface area contributed by atoms with Crippen LogP contribution in [0, 0.1) is 5.41 Å². The molecule has 1 saturated heterocycles. The molecule has 2 aliphatic rings. The van der Waals surface area contributed by atoms with Crippen LogP contribution in [-0.2, 0) is 6.54 Å². The topological polar surface area (TPSA) is 60.6 Å². The Balaban J connectivity index is 0.00000169. The van der Waals surface area contributed by atoms with E-state index in [-0.39, 0.29) is 17.8 Å². The second-order valence-corrected chi connectivity index (χ2v) is 7.55. The van der Waals surface area contributed by atoms with Crippen molar-refractivity contribution in [2.45, 2.75) is 19.9 Å². The highest BCUT2D eigenvalue weighted by Crippen LogP contribution is 2.37. The van der Waals surface area contributed by atoms with Gasteiger partial charge in [0.25, 0.3) is 0 Å². The van der Waals surface area contributed by atoms with Crippen LogP contribution in [0.2, 0.25) is 0 Å². The van der Waals surface area contributed by atoms with Crippen LogP contribution in [0.25, 0.3) is 10.6 Å². The van der Waals surface area contributed by atoms with Gasteiger partial charge >= 0.3 is 0 Å². The van der Waals surface area contributed by atoms with E-state index in [1.807, 2.05) is 18.2 Å². The standard InChI is InChI=1S/C17H21N3O2S.ClH/c1-17(9-18)4-5-20(10-17)7-13-8-23-16(19-13)12-2-3-14-15(6-12)22-11-21-14;/h2-3,6,8H,4-5,7,9-11,18H2,1H3;1H. The molecule has 0 aliphatic carbocycles. The number of ether oxygens (including phenoxy) is 2. The average Bonchev–Trinajstić information content (AvgIpc) is 3.27. The number of halogens is 1. The van der Waals surface area contributed by atoms with Gasteiger partial charge < -0.3 is 15.2 Å². The molecule has 7 heteroatoms. The average molecular weight is 368 g/mol. The summed E-state index contributed by atoms with van der Waals surface area (Å²) >= 11 is 1.68. The van der Waals surface area contributed by atoms with Gasteiger partial charge in [0.2, 0.25) is 6.79 Å². The van der Waals surface area contributed by atoms with Gasteiger partial charge in [-0.2, -0.15) is 0 Å². The SMILES string of the molecule is CC1(CN)CCN(Cc2csc(-c3ccc4c(c3)OCO4)n2)C1.Cl. The predicted octanol–water partition coefficient (Wildman–Crippen LogP) is 3.13. The molecule has 2 N–H and O–H groups in total. The fourth-order valence-corrected chi connectivity index (χ4v) is 4.01. The molecule has 0 bridgehead atoms. The van der Waals surface area contributed by atoms with E-state index in [2.05, 4.69) is 17.2 Å². The molecule has 2 aromatic rings. The normalized spacial score (nSPS) is 22.6. The molecule has 1 atom stereocenters. The number of nitrogens with two attached hydrogens (primary N) is 1. The Morgan fingerprint density at radius 2 is 2.17 bits per heavy atom. The van der Waals surface area contributed by atoms with Gasteiger partial charge in [0.15, 0.2) is 11.5 Å². The third kappa shape index (κ3) is 3.37. The van der Waals surface area contributed by atoms with Gasteiger partial charge in [0.1, 0.15) is 5.01 Å². The predicted molar refractivity (Wildman–Crippen MR) is 98.0 cm³/mol. The maximum atomic E-state index is 5.89. The minimum atomic E-state index is 0. The van der Waals surface area contributed by atoms with Crippen LogP contribution in [0.1, 0.15) is 19.0 Å². The van der Waals surface area contributed by atoms with E-state index in [4.69, 9.17) is 20.2 Å². The molecule has 1 unspecified atom stereocenters. The maximum absolute atomic E-state index is 5.89. The summed E-state index contributed by atoms with van der Waals surface area (Å²) in [5, 5.41) is 3.18. The van der Waals surface area contributed by atoms with Crippen molar-refractivity contribution in [1.29, 1.82) is 0 Å². The lowest BCUT2D eigenvalue weighted by Crippen LogP contribution is -2.31. The van der Waals surface area contributed by atoms with E-state index >= 15 is 0 Å². The number of hydrogen-bond donors (Lipinski definition) is 1. The number of thiazole rings is 1.